The van der Waals surface area contributed by atoms with Gasteiger partial charge in [-0.05, 0) is 31.9 Å². The molecule has 0 fully saturated rings. The third kappa shape index (κ3) is 5.51. The molecule has 1 unspecified atom stereocenters. The molecular weight excluding hydrogens is 318 g/mol. The van der Waals surface area contributed by atoms with E-state index in [0.29, 0.717) is 23.3 Å². The van der Waals surface area contributed by atoms with Gasteiger partial charge in [-0.1, -0.05) is 6.92 Å². The van der Waals surface area contributed by atoms with E-state index >= 15 is 0 Å². The maximum atomic E-state index is 11.1. The van der Waals surface area contributed by atoms with Crippen molar-refractivity contribution >= 4 is 25.4 Å². The summed E-state index contributed by atoms with van der Waals surface area (Å²) in [5.74, 6) is 0.140. The monoisotopic (exact) mass is 335 g/mol. The van der Waals surface area contributed by atoms with Gasteiger partial charge in [-0.25, -0.2) is 8.42 Å². The summed E-state index contributed by atoms with van der Waals surface area (Å²) in [6, 6.07) is 3.04. The molecule has 1 rings (SSSR count). The molecule has 0 amide bonds. The number of hydrogen-bond acceptors (Lipinski definition) is 5. The third-order valence-electron chi connectivity index (χ3n) is 3.18. The van der Waals surface area contributed by atoms with E-state index in [4.69, 9.17) is 15.4 Å². The molecule has 0 aromatic heterocycles. The van der Waals surface area contributed by atoms with E-state index in [9.17, 15) is 18.5 Å². The number of benzene rings is 1. The van der Waals surface area contributed by atoms with Gasteiger partial charge >= 0.3 is 0 Å². The molecule has 0 spiro atoms. The van der Waals surface area contributed by atoms with Crippen LogP contribution in [0.25, 0.3) is 0 Å². The molecule has 0 saturated carbocycles. The van der Waals surface area contributed by atoms with Crippen molar-refractivity contribution < 1.29 is 18.1 Å². The van der Waals surface area contributed by atoms with Crippen molar-refractivity contribution in [3.63, 3.8) is 0 Å². The van der Waals surface area contributed by atoms with Crippen LogP contribution in [-0.2, 0) is 9.05 Å². The Kier molecular flexibility index (Phi) is 5.98. The Labute approximate surface area is 128 Å². The Balaban J connectivity index is 2.84. The van der Waals surface area contributed by atoms with Gasteiger partial charge in [0.25, 0.3) is 5.69 Å². The average Bonchev–Trinajstić information content (AvgIpc) is 2.35. The molecule has 0 N–H and O–H groups in total. The minimum absolute atomic E-state index is 0.0372. The smallest absolute Gasteiger partial charge is 0.272 e. The van der Waals surface area contributed by atoms with Crippen LogP contribution in [0.3, 0.4) is 0 Å². The second kappa shape index (κ2) is 7.09. The Morgan fingerprint density at radius 1 is 1.33 bits per heavy atom. The van der Waals surface area contributed by atoms with E-state index in [1.165, 1.54) is 6.07 Å². The molecule has 0 aliphatic heterocycles. The molecule has 0 bridgehead atoms. The lowest BCUT2D eigenvalue weighted by molar-refractivity contribution is -0.385. The van der Waals surface area contributed by atoms with Crippen molar-refractivity contribution in [3.8, 4) is 5.75 Å². The fourth-order valence-electron chi connectivity index (χ4n) is 1.90. The summed E-state index contributed by atoms with van der Waals surface area (Å²) in [5.41, 5.74) is 1.17. The molecule has 0 saturated heterocycles. The number of ether oxygens (including phenoxy) is 1. The predicted octanol–water partition coefficient (Wildman–Crippen LogP) is 3.19. The topological polar surface area (TPSA) is 86.5 Å². The molecule has 8 heteroatoms. The standard InChI is InChI=1S/C13H18ClNO5S/c1-4-11(8-21(14,18)19)7-20-13-6-9(2)12(15(16)17)5-10(13)3/h5-6,11H,4,7-8H2,1-3H3. The molecule has 0 aliphatic rings. The lowest BCUT2D eigenvalue weighted by Crippen LogP contribution is -2.19. The van der Waals surface area contributed by atoms with Crippen LogP contribution in [0.2, 0.25) is 0 Å². The molecule has 6 nitrogen and oxygen atoms in total. The van der Waals surface area contributed by atoms with Crippen LogP contribution in [0, 0.1) is 29.9 Å². The number of halogens is 1. The van der Waals surface area contributed by atoms with Gasteiger partial charge in [-0.3, -0.25) is 10.1 Å². The lowest BCUT2D eigenvalue weighted by Gasteiger charge is -2.16. The van der Waals surface area contributed by atoms with Gasteiger partial charge in [0.15, 0.2) is 0 Å². The zero-order chi connectivity index (χ0) is 16.2. The first-order valence-electron chi connectivity index (χ1n) is 6.44. The molecule has 1 atom stereocenters. The van der Waals surface area contributed by atoms with Gasteiger partial charge < -0.3 is 4.74 Å². The summed E-state index contributed by atoms with van der Waals surface area (Å²) < 4.78 is 27.8. The quantitative estimate of drug-likeness (QED) is 0.434. The summed E-state index contributed by atoms with van der Waals surface area (Å²) in [6.07, 6.45) is 0.608. The van der Waals surface area contributed by atoms with E-state index in [-0.39, 0.29) is 24.0 Å². The Bertz CT molecular complexity index is 630. The number of nitro benzene ring substituents is 1. The number of hydrogen-bond donors (Lipinski definition) is 0. The zero-order valence-corrected chi connectivity index (χ0v) is 13.7. The summed E-state index contributed by atoms with van der Waals surface area (Å²) in [6.45, 7) is 5.39. The minimum atomic E-state index is -3.57. The summed E-state index contributed by atoms with van der Waals surface area (Å²) >= 11 is 0. The third-order valence-corrected chi connectivity index (χ3v) is 4.42. The fraction of sp³-hybridized carbons (Fsp3) is 0.538. The molecule has 1 aromatic carbocycles. The number of aryl methyl sites for hydroxylation is 2. The highest BCUT2D eigenvalue weighted by Crippen LogP contribution is 2.28. The first kappa shape index (κ1) is 17.7. The van der Waals surface area contributed by atoms with Crippen LogP contribution < -0.4 is 4.74 Å². The van der Waals surface area contributed by atoms with Gasteiger partial charge in [-0.15, -0.1) is 0 Å². The summed E-state index contributed by atoms with van der Waals surface area (Å²) in [7, 11) is 1.67. The highest BCUT2D eigenvalue weighted by atomic mass is 35.7. The van der Waals surface area contributed by atoms with Gasteiger partial charge in [0.05, 0.1) is 17.3 Å². The van der Waals surface area contributed by atoms with Crippen LogP contribution in [-0.4, -0.2) is 25.7 Å². The van der Waals surface area contributed by atoms with E-state index in [1.807, 2.05) is 6.92 Å². The maximum absolute atomic E-state index is 11.1. The van der Waals surface area contributed by atoms with Gasteiger partial charge in [0.2, 0.25) is 9.05 Å². The van der Waals surface area contributed by atoms with Crippen LogP contribution in [0.4, 0.5) is 5.69 Å². The molecular formula is C13H18ClNO5S. The molecule has 21 heavy (non-hydrogen) atoms. The Hall–Kier alpha value is -1.34. The van der Waals surface area contributed by atoms with E-state index in [2.05, 4.69) is 0 Å². The maximum Gasteiger partial charge on any atom is 0.272 e. The lowest BCUT2D eigenvalue weighted by atomic mass is 10.1. The fourth-order valence-corrected chi connectivity index (χ4v) is 3.33. The highest BCUT2D eigenvalue weighted by Gasteiger charge is 2.18. The normalized spacial score (nSPS) is 13.0. The first-order chi connectivity index (χ1) is 9.64. The van der Waals surface area contributed by atoms with Crippen molar-refractivity contribution in [2.24, 2.45) is 5.92 Å². The Morgan fingerprint density at radius 2 is 1.95 bits per heavy atom. The zero-order valence-electron chi connectivity index (χ0n) is 12.1. The van der Waals surface area contributed by atoms with Crippen LogP contribution >= 0.6 is 10.7 Å². The van der Waals surface area contributed by atoms with E-state index < -0.39 is 14.0 Å². The van der Waals surface area contributed by atoms with E-state index in [0.717, 1.165) is 0 Å². The van der Waals surface area contributed by atoms with Gasteiger partial charge in [-0.2, -0.15) is 0 Å². The Morgan fingerprint density at radius 3 is 2.43 bits per heavy atom. The van der Waals surface area contributed by atoms with Crippen LogP contribution in [0.1, 0.15) is 24.5 Å². The molecule has 0 heterocycles. The summed E-state index contributed by atoms with van der Waals surface area (Å²) in [4.78, 5) is 10.4. The molecule has 0 radical (unpaired) electrons. The van der Waals surface area contributed by atoms with Crippen molar-refractivity contribution in [1.82, 2.24) is 0 Å². The summed E-state index contributed by atoms with van der Waals surface area (Å²) in [5, 5.41) is 10.8. The predicted molar refractivity (Wildman–Crippen MR) is 81.5 cm³/mol. The van der Waals surface area contributed by atoms with E-state index in [1.54, 1.807) is 19.9 Å². The largest absolute Gasteiger partial charge is 0.493 e. The second-order valence-electron chi connectivity index (χ2n) is 4.95. The number of rotatable bonds is 7. The van der Waals surface area contributed by atoms with Crippen LogP contribution in [0.5, 0.6) is 5.75 Å². The first-order valence-corrected chi connectivity index (χ1v) is 8.92. The van der Waals surface area contributed by atoms with Gasteiger partial charge in [0.1, 0.15) is 5.75 Å². The molecule has 0 aliphatic carbocycles. The second-order valence-corrected chi connectivity index (χ2v) is 7.77. The molecule has 1 aromatic rings. The SMILES string of the molecule is CCC(COc1cc(C)c([N+](=O)[O-])cc1C)CS(=O)(=O)Cl. The van der Waals surface area contributed by atoms with Crippen molar-refractivity contribution in [2.45, 2.75) is 27.2 Å². The number of nitro groups is 1. The minimum Gasteiger partial charge on any atom is -0.493 e. The molecule has 118 valence electrons. The van der Waals surface area contributed by atoms with Crippen molar-refractivity contribution in [2.75, 3.05) is 12.4 Å². The van der Waals surface area contributed by atoms with Crippen molar-refractivity contribution in [1.29, 1.82) is 0 Å². The van der Waals surface area contributed by atoms with Crippen LogP contribution in [0.15, 0.2) is 12.1 Å². The van der Waals surface area contributed by atoms with Crippen molar-refractivity contribution in [3.05, 3.63) is 33.4 Å². The van der Waals surface area contributed by atoms with Gasteiger partial charge in [0, 0.05) is 28.2 Å². The average molecular weight is 336 g/mol. The number of nitrogens with zero attached hydrogens (tertiary/aromatic N) is 1. The highest BCUT2D eigenvalue weighted by molar-refractivity contribution is 8.13.